The molecule has 2 aromatic rings. The van der Waals surface area contributed by atoms with Crippen LogP contribution in [0.2, 0.25) is 5.02 Å². The summed E-state index contributed by atoms with van der Waals surface area (Å²) in [5, 5.41) is 9.50. The lowest BCUT2D eigenvalue weighted by molar-refractivity contribution is 0.298. The average Bonchev–Trinajstić information content (AvgIpc) is 2.36. The van der Waals surface area contributed by atoms with Gasteiger partial charge in [0.2, 0.25) is 0 Å². The number of H-pyrrole nitrogens is 1. The Morgan fingerprint density at radius 2 is 2.21 bits per heavy atom. The molecule has 1 heterocycles. The van der Waals surface area contributed by atoms with Gasteiger partial charge in [-0.15, -0.1) is 0 Å². The molecule has 0 bridgehead atoms. The highest BCUT2D eigenvalue weighted by Gasteiger charge is 2.11. The Balaban J connectivity index is 2.58. The molecule has 2 N–H and O–H groups in total. The maximum absolute atomic E-state index is 12.0. The van der Waals surface area contributed by atoms with Gasteiger partial charge in [0.15, 0.2) is 0 Å². The third-order valence-corrected chi connectivity index (χ3v) is 3.69. The quantitative estimate of drug-likeness (QED) is 0.900. The van der Waals surface area contributed by atoms with Crippen LogP contribution in [0.15, 0.2) is 27.5 Å². The van der Waals surface area contributed by atoms with Crippen molar-refractivity contribution < 1.29 is 5.11 Å². The number of halogens is 2. The maximum atomic E-state index is 12.0. The van der Waals surface area contributed by atoms with Crippen LogP contribution in [0.25, 0.3) is 11.4 Å². The molecule has 0 fully saturated rings. The van der Waals surface area contributed by atoms with E-state index < -0.39 is 0 Å². The van der Waals surface area contributed by atoms with Gasteiger partial charge in [0, 0.05) is 39.3 Å². The minimum Gasteiger partial charge on any atom is -0.396 e. The summed E-state index contributed by atoms with van der Waals surface area (Å²) in [4.78, 5) is 19.1. The predicted molar refractivity (Wildman–Crippen MR) is 78.5 cm³/mol. The normalized spacial score (nSPS) is 10.7. The van der Waals surface area contributed by atoms with Crippen molar-refractivity contribution in [1.82, 2.24) is 9.97 Å². The van der Waals surface area contributed by atoms with Crippen molar-refractivity contribution in [2.45, 2.75) is 13.3 Å². The molecule has 0 unspecified atom stereocenters. The van der Waals surface area contributed by atoms with Gasteiger partial charge in [-0.3, -0.25) is 4.79 Å². The van der Waals surface area contributed by atoms with Gasteiger partial charge in [-0.2, -0.15) is 0 Å². The lowest BCUT2D eigenvalue weighted by Crippen LogP contribution is -2.18. The van der Waals surface area contributed by atoms with E-state index >= 15 is 0 Å². The second kappa shape index (κ2) is 5.86. The zero-order valence-electron chi connectivity index (χ0n) is 10.2. The fourth-order valence-electron chi connectivity index (χ4n) is 1.82. The molecule has 0 atom stereocenters. The van der Waals surface area contributed by atoms with Crippen LogP contribution in [-0.2, 0) is 6.42 Å². The van der Waals surface area contributed by atoms with E-state index in [9.17, 15) is 4.79 Å². The molecule has 100 valence electrons. The van der Waals surface area contributed by atoms with Crippen LogP contribution in [0, 0.1) is 6.92 Å². The van der Waals surface area contributed by atoms with Gasteiger partial charge in [0.25, 0.3) is 5.56 Å². The van der Waals surface area contributed by atoms with E-state index in [-0.39, 0.29) is 12.2 Å². The summed E-state index contributed by atoms with van der Waals surface area (Å²) in [6, 6.07) is 5.28. The van der Waals surface area contributed by atoms with Crippen LogP contribution in [-0.4, -0.2) is 21.7 Å². The van der Waals surface area contributed by atoms with Gasteiger partial charge >= 0.3 is 0 Å². The number of hydrogen-bond donors (Lipinski definition) is 2. The maximum Gasteiger partial charge on any atom is 0.254 e. The lowest BCUT2D eigenvalue weighted by atomic mass is 10.1. The number of rotatable bonds is 3. The van der Waals surface area contributed by atoms with Crippen molar-refractivity contribution >= 4 is 27.5 Å². The molecule has 4 nitrogen and oxygen atoms in total. The topological polar surface area (TPSA) is 66.0 Å². The van der Waals surface area contributed by atoms with Crippen LogP contribution in [0.3, 0.4) is 0 Å². The van der Waals surface area contributed by atoms with Crippen LogP contribution >= 0.6 is 27.5 Å². The average molecular weight is 344 g/mol. The highest BCUT2D eigenvalue weighted by Crippen LogP contribution is 2.28. The molecule has 2 rings (SSSR count). The van der Waals surface area contributed by atoms with Crippen LogP contribution in [0.1, 0.15) is 11.3 Å². The van der Waals surface area contributed by atoms with E-state index in [1.807, 2.05) is 0 Å². The van der Waals surface area contributed by atoms with Crippen molar-refractivity contribution in [3.63, 3.8) is 0 Å². The Kier molecular flexibility index (Phi) is 4.39. The molecule has 0 aliphatic heterocycles. The number of aryl methyl sites for hydroxylation is 1. The highest BCUT2D eigenvalue weighted by molar-refractivity contribution is 9.10. The molecular formula is C13H12BrClN2O2. The second-order valence-electron chi connectivity index (χ2n) is 4.08. The Morgan fingerprint density at radius 1 is 1.47 bits per heavy atom. The zero-order chi connectivity index (χ0) is 14.0. The Labute approximate surface area is 123 Å². The second-order valence-corrected chi connectivity index (χ2v) is 5.37. The van der Waals surface area contributed by atoms with E-state index in [1.165, 1.54) is 0 Å². The van der Waals surface area contributed by atoms with Crippen molar-refractivity contribution in [2.75, 3.05) is 6.61 Å². The third kappa shape index (κ3) is 3.05. The van der Waals surface area contributed by atoms with Gasteiger partial charge < -0.3 is 10.1 Å². The third-order valence-electron chi connectivity index (χ3n) is 2.77. The first-order chi connectivity index (χ1) is 9.02. The van der Waals surface area contributed by atoms with E-state index in [0.717, 1.165) is 10.0 Å². The summed E-state index contributed by atoms with van der Waals surface area (Å²) in [5.41, 5.74) is 1.61. The SMILES string of the molecule is Cc1nc(-c2cc(Cl)ccc2Br)[nH]c(=O)c1CCO. The molecule has 1 aromatic heterocycles. The lowest BCUT2D eigenvalue weighted by Gasteiger charge is -2.08. The molecule has 0 radical (unpaired) electrons. The largest absolute Gasteiger partial charge is 0.396 e. The summed E-state index contributed by atoms with van der Waals surface area (Å²) in [6.07, 6.45) is 0.297. The highest BCUT2D eigenvalue weighted by atomic mass is 79.9. The van der Waals surface area contributed by atoms with E-state index in [1.54, 1.807) is 25.1 Å². The Hall–Kier alpha value is -1.17. The summed E-state index contributed by atoms with van der Waals surface area (Å²) >= 11 is 9.36. The smallest absolute Gasteiger partial charge is 0.254 e. The molecule has 0 spiro atoms. The van der Waals surface area contributed by atoms with Gasteiger partial charge in [0.1, 0.15) is 5.82 Å². The molecule has 0 aliphatic carbocycles. The fraction of sp³-hybridized carbons (Fsp3) is 0.231. The molecule has 19 heavy (non-hydrogen) atoms. The number of hydrogen-bond acceptors (Lipinski definition) is 3. The molecule has 0 saturated carbocycles. The summed E-state index contributed by atoms with van der Waals surface area (Å²) in [6.45, 7) is 1.67. The Morgan fingerprint density at radius 3 is 2.84 bits per heavy atom. The van der Waals surface area contributed by atoms with Crippen LogP contribution < -0.4 is 5.56 Å². The van der Waals surface area contributed by atoms with Gasteiger partial charge in [-0.1, -0.05) is 27.5 Å². The first-order valence-electron chi connectivity index (χ1n) is 5.69. The standard InChI is InChI=1S/C13H12BrClN2O2/c1-7-9(4-5-18)13(19)17-12(16-7)10-6-8(15)2-3-11(10)14/h2-3,6,18H,4-5H2,1H3,(H,16,17,19). The summed E-state index contributed by atoms with van der Waals surface area (Å²) in [7, 11) is 0. The van der Waals surface area contributed by atoms with Crippen molar-refractivity contribution in [3.05, 3.63) is 49.3 Å². The predicted octanol–water partition coefficient (Wildman–Crippen LogP) is 2.70. The van der Waals surface area contributed by atoms with Gasteiger partial charge in [-0.25, -0.2) is 4.98 Å². The van der Waals surface area contributed by atoms with Gasteiger partial charge in [0.05, 0.1) is 0 Å². The number of nitrogens with one attached hydrogen (secondary N) is 1. The number of aliphatic hydroxyl groups is 1. The molecule has 0 aliphatic rings. The zero-order valence-corrected chi connectivity index (χ0v) is 12.5. The van der Waals surface area contributed by atoms with Gasteiger partial charge in [-0.05, 0) is 25.1 Å². The number of aromatic nitrogens is 2. The van der Waals surface area contributed by atoms with E-state index in [4.69, 9.17) is 16.7 Å². The Bertz CT molecular complexity index is 670. The first kappa shape index (κ1) is 14.2. The van der Waals surface area contributed by atoms with Crippen molar-refractivity contribution in [3.8, 4) is 11.4 Å². The monoisotopic (exact) mass is 342 g/mol. The molecule has 6 heteroatoms. The molecule has 0 saturated heterocycles. The summed E-state index contributed by atoms with van der Waals surface area (Å²) < 4.78 is 0.800. The fourth-order valence-corrected chi connectivity index (χ4v) is 2.43. The summed E-state index contributed by atoms with van der Waals surface area (Å²) in [5.74, 6) is 0.457. The number of aliphatic hydroxyl groups excluding tert-OH is 1. The molecule has 0 amide bonds. The molecular weight excluding hydrogens is 332 g/mol. The minimum absolute atomic E-state index is 0.0776. The first-order valence-corrected chi connectivity index (χ1v) is 6.86. The van der Waals surface area contributed by atoms with Crippen LogP contribution in [0.5, 0.6) is 0 Å². The van der Waals surface area contributed by atoms with E-state index in [0.29, 0.717) is 28.5 Å². The van der Waals surface area contributed by atoms with Crippen molar-refractivity contribution in [2.24, 2.45) is 0 Å². The number of nitrogens with zero attached hydrogens (tertiary/aromatic N) is 1. The van der Waals surface area contributed by atoms with Crippen molar-refractivity contribution in [1.29, 1.82) is 0 Å². The van der Waals surface area contributed by atoms with Crippen LogP contribution in [0.4, 0.5) is 0 Å². The van der Waals surface area contributed by atoms with E-state index in [2.05, 4.69) is 25.9 Å². The minimum atomic E-state index is -0.233. The number of benzene rings is 1. The number of aromatic amines is 1. The molecule has 1 aromatic carbocycles.